The molecule has 2 aliphatic rings. The van der Waals surface area contributed by atoms with Gasteiger partial charge in [-0.15, -0.1) is 0 Å². The van der Waals surface area contributed by atoms with Crippen LogP contribution in [0.15, 0.2) is 156 Å². The predicted molar refractivity (Wildman–Crippen MR) is 204 cm³/mol. The summed E-state index contributed by atoms with van der Waals surface area (Å²) in [6.07, 6.45) is 1.94. The van der Waals surface area contributed by atoms with Crippen LogP contribution < -0.4 is 4.90 Å². The SMILES string of the molecule is CC1(C)c2ccccc2-c2ccc(N(c3ccc(-c4cccc5ccccc45)cc3)c3ccc4c5c(oc4c3)CCc3ccccc3-5)cc21. The first-order valence-electron chi connectivity index (χ1n) is 17.3. The van der Waals surface area contributed by atoms with Gasteiger partial charge in [0.1, 0.15) is 11.3 Å². The number of nitrogens with zero attached hydrogens (tertiary/aromatic N) is 1. The van der Waals surface area contributed by atoms with Crippen molar-refractivity contribution in [3.8, 4) is 33.4 Å². The second-order valence-electron chi connectivity index (χ2n) is 14.0. The molecule has 49 heavy (non-hydrogen) atoms. The Morgan fingerprint density at radius 3 is 2.08 bits per heavy atom. The predicted octanol–water partition coefficient (Wildman–Crippen LogP) is 12.8. The maximum atomic E-state index is 6.65. The molecular formula is C47H35NO. The van der Waals surface area contributed by atoms with E-state index in [1.54, 1.807) is 0 Å². The van der Waals surface area contributed by atoms with Gasteiger partial charge in [0.15, 0.2) is 0 Å². The lowest BCUT2D eigenvalue weighted by Crippen LogP contribution is -2.16. The number of anilines is 3. The van der Waals surface area contributed by atoms with Crippen LogP contribution in [-0.2, 0) is 18.3 Å². The van der Waals surface area contributed by atoms with E-state index in [9.17, 15) is 0 Å². The van der Waals surface area contributed by atoms with Gasteiger partial charge in [0, 0.05) is 45.9 Å². The summed E-state index contributed by atoms with van der Waals surface area (Å²) in [7, 11) is 0. The summed E-state index contributed by atoms with van der Waals surface area (Å²) in [5.74, 6) is 1.09. The molecule has 2 aliphatic carbocycles. The zero-order valence-corrected chi connectivity index (χ0v) is 27.7. The van der Waals surface area contributed by atoms with Crippen molar-refractivity contribution in [1.82, 2.24) is 0 Å². The van der Waals surface area contributed by atoms with E-state index in [0.717, 1.165) is 41.2 Å². The van der Waals surface area contributed by atoms with Crippen molar-refractivity contribution in [3.63, 3.8) is 0 Å². The van der Waals surface area contributed by atoms with E-state index in [2.05, 4.69) is 170 Å². The maximum absolute atomic E-state index is 6.65. The van der Waals surface area contributed by atoms with Crippen molar-refractivity contribution in [2.45, 2.75) is 32.1 Å². The van der Waals surface area contributed by atoms with E-state index in [0.29, 0.717) is 0 Å². The van der Waals surface area contributed by atoms with E-state index < -0.39 is 0 Å². The third-order valence-electron chi connectivity index (χ3n) is 11.0. The van der Waals surface area contributed by atoms with Crippen molar-refractivity contribution in [3.05, 3.63) is 174 Å². The fourth-order valence-electron chi connectivity index (χ4n) is 8.52. The van der Waals surface area contributed by atoms with Gasteiger partial charge in [-0.3, -0.25) is 0 Å². The first kappa shape index (κ1) is 28.2. The van der Waals surface area contributed by atoms with Crippen LogP contribution in [0.25, 0.3) is 55.1 Å². The molecule has 234 valence electrons. The van der Waals surface area contributed by atoms with Crippen molar-refractivity contribution >= 4 is 38.8 Å². The van der Waals surface area contributed by atoms with Crippen LogP contribution in [0.3, 0.4) is 0 Å². The number of fused-ring (bicyclic) bond motifs is 9. The van der Waals surface area contributed by atoms with E-state index in [-0.39, 0.29) is 5.41 Å². The minimum Gasteiger partial charge on any atom is -0.460 e. The molecule has 10 rings (SSSR count). The molecule has 0 N–H and O–H groups in total. The number of rotatable bonds is 4. The summed E-state index contributed by atoms with van der Waals surface area (Å²) in [5, 5.41) is 3.70. The van der Waals surface area contributed by atoms with Gasteiger partial charge < -0.3 is 9.32 Å². The average Bonchev–Trinajstić information content (AvgIpc) is 3.64. The van der Waals surface area contributed by atoms with Crippen LogP contribution >= 0.6 is 0 Å². The highest BCUT2D eigenvalue weighted by molar-refractivity contribution is 6.00. The molecule has 0 radical (unpaired) electrons. The summed E-state index contributed by atoms with van der Waals surface area (Å²) in [4.78, 5) is 2.39. The first-order valence-corrected chi connectivity index (χ1v) is 17.3. The standard InChI is InChI=1S/C47H35NO/c1-47(2)42-17-8-7-15-39(42)40-25-23-34(28-43(40)47)48(33-21-18-32(19-22-33)37-16-9-12-30-10-3-5-13-36(30)37)35-24-26-41-45(29-35)49-44-27-20-31-11-4-6-14-38(31)46(41)44/h3-19,21-26,28-29H,20,27H2,1-2H3. The monoisotopic (exact) mass is 629 g/mol. The number of hydrogen-bond acceptors (Lipinski definition) is 2. The van der Waals surface area contributed by atoms with E-state index in [1.165, 1.54) is 66.2 Å². The lowest BCUT2D eigenvalue weighted by Gasteiger charge is -2.28. The Labute approximate surface area is 286 Å². The fourth-order valence-corrected chi connectivity index (χ4v) is 8.52. The third kappa shape index (κ3) is 4.27. The summed E-state index contributed by atoms with van der Waals surface area (Å²) in [5.41, 5.74) is 16.0. The first-order chi connectivity index (χ1) is 24.0. The topological polar surface area (TPSA) is 16.4 Å². The molecule has 0 amide bonds. The second-order valence-corrected chi connectivity index (χ2v) is 14.0. The molecule has 1 heterocycles. The summed E-state index contributed by atoms with van der Waals surface area (Å²) >= 11 is 0. The Hall–Kier alpha value is -5.86. The van der Waals surface area contributed by atoms with Crippen LogP contribution in [0.1, 0.15) is 36.3 Å². The zero-order valence-electron chi connectivity index (χ0n) is 27.7. The maximum Gasteiger partial charge on any atom is 0.137 e. The van der Waals surface area contributed by atoms with Gasteiger partial charge in [0.2, 0.25) is 0 Å². The number of aryl methyl sites for hydroxylation is 2. The molecule has 0 saturated heterocycles. The third-order valence-corrected chi connectivity index (χ3v) is 11.0. The lowest BCUT2D eigenvalue weighted by atomic mass is 9.82. The normalized spacial score (nSPS) is 13.9. The lowest BCUT2D eigenvalue weighted by molar-refractivity contribution is 0.546. The van der Waals surface area contributed by atoms with Gasteiger partial charge in [-0.05, 0) is 98.1 Å². The van der Waals surface area contributed by atoms with Crippen molar-refractivity contribution in [1.29, 1.82) is 0 Å². The number of benzene rings is 7. The van der Waals surface area contributed by atoms with Crippen molar-refractivity contribution < 1.29 is 4.42 Å². The molecule has 7 aromatic carbocycles. The van der Waals surface area contributed by atoms with Gasteiger partial charge in [-0.2, -0.15) is 0 Å². The largest absolute Gasteiger partial charge is 0.460 e. The van der Waals surface area contributed by atoms with Gasteiger partial charge in [0.25, 0.3) is 0 Å². The van der Waals surface area contributed by atoms with E-state index >= 15 is 0 Å². The Kier molecular flexibility index (Phi) is 6.08. The summed E-state index contributed by atoms with van der Waals surface area (Å²) < 4.78 is 6.65. The molecule has 0 saturated carbocycles. The minimum atomic E-state index is -0.0940. The highest BCUT2D eigenvalue weighted by atomic mass is 16.3. The smallest absolute Gasteiger partial charge is 0.137 e. The molecule has 2 nitrogen and oxygen atoms in total. The zero-order chi connectivity index (χ0) is 32.7. The second kappa shape index (κ2) is 10.6. The van der Waals surface area contributed by atoms with Crippen LogP contribution in [0, 0.1) is 0 Å². The Bertz CT molecular complexity index is 2580. The average molecular weight is 630 g/mol. The molecule has 0 fully saturated rings. The number of hydrogen-bond donors (Lipinski definition) is 0. The van der Waals surface area contributed by atoms with Gasteiger partial charge in [-0.1, -0.05) is 123 Å². The van der Waals surface area contributed by atoms with Crippen LogP contribution in [0.5, 0.6) is 0 Å². The van der Waals surface area contributed by atoms with Gasteiger partial charge >= 0.3 is 0 Å². The minimum absolute atomic E-state index is 0.0940. The van der Waals surface area contributed by atoms with Crippen LogP contribution in [0.2, 0.25) is 0 Å². The molecule has 0 bridgehead atoms. The summed E-state index contributed by atoms with van der Waals surface area (Å²) in [6, 6.07) is 55.6. The number of furan rings is 1. The van der Waals surface area contributed by atoms with E-state index in [1.807, 2.05) is 0 Å². The van der Waals surface area contributed by atoms with E-state index in [4.69, 9.17) is 4.42 Å². The van der Waals surface area contributed by atoms with Crippen LogP contribution in [0.4, 0.5) is 17.1 Å². The van der Waals surface area contributed by atoms with Crippen LogP contribution in [-0.4, -0.2) is 0 Å². The Balaban J connectivity index is 1.13. The highest BCUT2D eigenvalue weighted by Crippen LogP contribution is 2.51. The molecule has 8 aromatic rings. The quantitative estimate of drug-likeness (QED) is 0.193. The molecule has 1 aromatic heterocycles. The highest BCUT2D eigenvalue weighted by Gasteiger charge is 2.36. The van der Waals surface area contributed by atoms with Gasteiger partial charge in [0.05, 0.1) is 0 Å². The molecule has 2 heteroatoms. The molecule has 0 unspecified atom stereocenters. The molecular weight excluding hydrogens is 595 g/mol. The fraction of sp³-hybridized carbons (Fsp3) is 0.106. The molecule has 0 spiro atoms. The van der Waals surface area contributed by atoms with Gasteiger partial charge in [-0.25, -0.2) is 0 Å². The van der Waals surface area contributed by atoms with Crippen molar-refractivity contribution in [2.75, 3.05) is 4.90 Å². The molecule has 0 aliphatic heterocycles. The Morgan fingerprint density at radius 1 is 0.510 bits per heavy atom. The molecule has 0 atom stereocenters. The summed E-state index contributed by atoms with van der Waals surface area (Å²) in [6.45, 7) is 4.70. The Morgan fingerprint density at radius 2 is 1.18 bits per heavy atom. The van der Waals surface area contributed by atoms with Crippen molar-refractivity contribution in [2.24, 2.45) is 0 Å².